The summed E-state index contributed by atoms with van der Waals surface area (Å²) in [6.45, 7) is 0. The predicted octanol–water partition coefficient (Wildman–Crippen LogP) is 1.61. The van der Waals surface area contributed by atoms with E-state index in [1.54, 1.807) is 42.2 Å². The summed E-state index contributed by atoms with van der Waals surface area (Å²) in [5.74, 6) is 5.63. The molecule has 6 nitrogen and oxygen atoms in total. The first-order valence-electron chi connectivity index (χ1n) is 5.17. The number of nitrogen functional groups attached to an aromatic ring is 1. The Bertz CT molecular complexity index is 581. The molecule has 0 aliphatic carbocycles. The van der Waals surface area contributed by atoms with Crippen LogP contribution in [0.15, 0.2) is 30.5 Å². The number of hydrogen-bond acceptors (Lipinski definition) is 4. The molecule has 7 heteroatoms. The molecule has 0 saturated heterocycles. The molecule has 0 saturated carbocycles. The fourth-order valence-electron chi connectivity index (χ4n) is 1.51. The number of nitrogens with one attached hydrogen (secondary N) is 2. The van der Waals surface area contributed by atoms with Gasteiger partial charge in [0.1, 0.15) is 5.82 Å². The highest BCUT2D eigenvalue weighted by Crippen LogP contribution is 2.21. The highest BCUT2D eigenvalue weighted by Gasteiger charge is 2.13. The van der Waals surface area contributed by atoms with E-state index in [0.717, 1.165) is 0 Å². The molecule has 94 valence electrons. The van der Waals surface area contributed by atoms with Crippen molar-refractivity contribution in [2.45, 2.75) is 0 Å². The lowest BCUT2D eigenvalue weighted by Gasteiger charge is -2.10. The second kappa shape index (κ2) is 5.07. The van der Waals surface area contributed by atoms with Crippen LogP contribution in [0.4, 0.5) is 11.5 Å². The number of hydrazine groups is 1. The van der Waals surface area contributed by atoms with Crippen LogP contribution in [-0.2, 0) is 7.05 Å². The number of hydrogen-bond donors (Lipinski definition) is 3. The summed E-state index contributed by atoms with van der Waals surface area (Å²) in [6, 6.07) is 6.53. The van der Waals surface area contributed by atoms with E-state index in [9.17, 15) is 4.79 Å². The maximum atomic E-state index is 12.1. The Labute approximate surface area is 109 Å². The molecular weight excluding hydrogens is 254 g/mol. The van der Waals surface area contributed by atoms with Crippen LogP contribution in [-0.4, -0.2) is 15.7 Å². The average Bonchev–Trinajstić information content (AvgIpc) is 2.75. The van der Waals surface area contributed by atoms with Gasteiger partial charge in [-0.25, -0.2) is 0 Å². The van der Waals surface area contributed by atoms with Gasteiger partial charge in [0.15, 0.2) is 0 Å². The second-order valence-corrected chi connectivity index (χ2v) is 4.06. The minimum absolute atomic E-state index is 0.311. The van der Waals surface area contributed by atoms with Crippen molar-refractivity contribution in [3.63, 3.8) is 0 Å². The van der Waals surface area contributed by atoms with E-state index >= 15 is 0 Å². The zero-order valence-electron chi connectivity index (χ0n) is 9.64. The number of rotatable bonds is 3. The van der Waals surface area contributed by atoms with Gasteiger partial charge in [0.25, 0.3) is 5.91 Å². The number of nitrogens with zero attached hydrogens (tertiary/aromatic N) is 2. The van der Waals surface area contributed by atoms with Crippen LogP contribution in [0.3, 0.4) is 0 Å². The zero-order chi connectivity index (χ0) is 13.1. The molecule has 0 aliphatic heterocycles. The van der Waals surface area contributed by atoms with Gasteiger partial charge >= 0.3 is 0 Å². The van der Waals surface area contributed by atoms with Crippen molar-refractivity contribution in [1.82, 2.24) is 9.78 Å². The lowest BCUT2D eigenvalue weighted by molar-refractivity contribution is 0.102. The Morgan fingerprint density at radius 2 is 2.22 bits per heavy atom. The van der Waals surface area contributed by atoms with Crippen molar-refractivity contribution < 1.29 is 4.79 Å². The second-order valence-electron chi connectivity index (χ2n) is 3.63. The van der Waals surface area contributed by atoms with Gasteiger partial charge in [0, 0.05) is 18.1 Å². The Hall–Kier alpha value is -2.05. The first kappa shape index (κ1) is 12.4. The van der Waals surface area contributed by atoms with Gasteiger partial charge in [-0.1, -0.05) is 11.6 Å². The van der Waals surface area contributed by atoms with Gasteiger partial charge in [-0.15, -0.1) is 0 Å². The van der Waals surface area contributed by atoms with Gasteiger partial charge in [0.05, 0.1) is 17.4 Å². The summed E-state index contributed by atoms with van der Waals surface area (Å²) in [4.78, 5) is 12.1. The van der Waals surface area contributed by atoms with E-state index in [0.29, 0.717) is 22.1 Å². The maximum Gasteiger partial charge on any atom is 0.259 e. The summed E-state index contributed by atoms with van der Waals surface area (Å²) < 4.78 is 1.55. The van der Waals surface area contributed by atoms with Crippen molar-refractivity contribution in [3.05, 3.63) is 41.0 Å². The fourth-order valence-corrected chi connectivity index (χ4v) is 1.68. The molecule has 0 bridgehead atoms. The maximum absolute atomic E-state index is 12.1. The van der Waals surface area contributed by atoms with Crippen LogP contribution in [0.25, 0.3) is 0 Å². The molecule has 1 aromatic carbocycles. The first-order valence-corrected chi connectivity index (χ1v) is 5.55. The third kappa shape index (κ3) is 2.44. The van der Waals surface area contributed by atoms with E-state index in [4.69, 9.17) is 17.4 Å². The average molecular weight is 266 g/mol. The largest absolute Gasteiger partial charge is 0.323 e. The normalized spacial score (nSPS) is 10.2. The molecule has 2 aromatic rings. The quantitative estimate of drug-likeness (QED) is 0.581. The van der Waals surface area contributed by atoms with Gasteiger partial charge in [-0.3, -0.25) is 15.3 Å². The van der Waals surface area contributed by atoms with Crippen molar-refractivity contribution in [2.24, 2.45) is 12.9 Å². The molecule has 4 N–H and O–H groups in total. The molecule has 1 amide bonds. The minimum atomic E-state index is -0.311. The fraction of sp³-hybridized carbons (Fsp3) is 0.0909. The number of benzene rings is 1. The lowest BCUT2D eigenvalue weighted by atomic mass is 10.1. The number of nitrogens with two attached hydrogens (primary N) is 1. The van der Waals surface area contributed by atoms with Gasteiger partial charge in [-0.05, 0) is 18.2 Å². The van der Waals surface area contributed by atoms with E-state index in [1.807, 2.05) is 0 Å². The summed E-state index contributed by atoms with van der Waals surface area (Å²) >= 11 is 5.86. The van der Waals surface area contributed by atoms with Crippen LogP contribution in [0, 0.1) is 0 Å². The summed E-state index contributed by atoms with van der Waals surface area (Å²) in [7, 11) is 1.73. The molecule has 1 heterocycles. The van der Waals surface area contributed by atoms with Crippen molar-refractivity contribution in [2.75, 3.05) is 10.7 Å². The minimum Gasteiger partial charge on any atom is -0.323 e. The molecule has 0 spiro atoms. The van der Waals surface area contributed by atoms with E-state index in [2.05, 4.69) is 15.8 Å². The third-order valence-electron chi connectivity index (χ3n) is 2.44. The van der Waals surface area contributed by atoms with Gasteiger partial charge in [-0.2, -0.15) is 5.10 Å². The number of carbonyl (C=O) groups excluding carboxylic acids is 1. The van der Waals surface area contributed by atoms with Crippen LogP contribution >= 0.6 is 11.6 Å². The SMILES string of the molecule is Cn1nccc1NC(=O)c1cc(Cl)ccc1NN. The molecule has 1 aromatic heterocycles. The highest BCUT2D eigenvalue weighted by molar-refractivity contribution is 6.31. The topological polar surface area (TPSA) is 85.0 Å². The molecule has 0 aliphatic rings. The Morgan fingerprint density at radius 1 is 1.44 bits per heavy atom. The Morgan fingerprint density at radius 3 is 2.83 bits per heavy atom. The zero-order valence-corrected chi connectivity index (χ0v) is 10.4. The van der Waals surface area contributed by atoms with Crippen LogP contribution < -0.4 is 16.6 Å². The van der Waals surface area contributed by atoms with Crippen LogP contribution in [0.5, 0.6) is 0 Å². The number of aromatic nitrogens is 2. The molecule has 2 rings (SSSR count). The Kier molecular flexibility index (Phi) is 3.50. The van der Waals surface area contributed by atoms with Crippen LogP contribution in [0.1, 0.15) is 10.4 Å². The summed E-state index contributed by atoms with van der Waals surface area (Å²) in [5, 5.41) is 7.14. The third-order valence-corrected chi connectivity index (χ3v) is 2.68. The standard InChI is InChI=1S/C11H12ClN5O/c1-17-10(4-5-14-17)15-11(18)8-6-7(12)2-3-9(8)16-13/h2-6,16H,13H2,1H3,(H,15,18). The van der Waals surface area contributed by atoms with E-state index < -0.39 is 0 Å². The molecule has 0 radical (unpaired) electrons. The van der Waals surface area contributed by atoms with E-state index in [-0.39, 0.29) is 5.91 Å². The monoisotopic (exact) mass is 265 g/mol. The first-order chi connectivity index (χ1) is 8.61. The number of amides is 1. The molecule has 18 heavy (non-hydrogen) atoms. The smallest absolute Gasteiger partial charge is 0.259 e. The lowest BCUT2D eigenvalue weighted by Crippen LogP contribution is -2.18. The number of carbonyl (C=O) groups is 1. The van der Waals surface area contributed by atoms with Gasteiger partial charge < -0.3 is 10.7 Å². The number of aryl methyl sites for hydroxylation is 1. The predicted molar refractivity (Wildman–Crippen MR) is 70.4 cm³/mol. The van der Waals surface area contributed by atoms with Crippen LogP contribution in [0.2, 0.25) is 5.02 Å². The molecule has 0 atom stereocenters. The molecule has 0 fully saturated rings. The van der Waals surface area contributed by atoms with Gasteiger partial charge in [0.2, 0.25) is 0 Å². The number of anilines is 2. The molecule has 0 unspecified atom stereocenters. The number of halogens is 1. The van der Waals surface area contributed by atoms with Crippen molar-refractivity contribution >= 4 is 29.0 Å². The Balaban J connectivity index is 2.29. The summed E-state index contributed by atoms with van der Waals surface area (Å²) in [5.41, 5.74) is 3.32. The van der Waals surface area contributed by atoms with Crippen molar-refractivity contribution in [1.29, 1.82) is 0 Å². The summed E-state index contributed by atoms with van der Waals surface area (Å²) in [6.07, 6.45) is 1.59. The highest BCUT2D eigenvalue weighted by atomic mass is 35.5. The molecular formula is C11H12ClN5O. The van der Waals surface area contributed by atoms with E-state index in [1.165, 1.54) is 0 Å². The van der Waals surface area contributed by atoms with Crippen molar-refractivity contribution in [3.8, 4) is 0 Å².